The van der Waals surface area contributed by atoms with Gasteiger partial charge in [-0.1, -0.05) is 48.5 Å². The summed E-state index contributed by atoms with van der Waals surface area (Å²) in [6, 6.07) is 25.5. The topological polar surface area (TPSA) is 56.8 Å². The Labute approximate surface area is 140 Å². The van der Waals surface area contributed by atoms with E-state index in [1.54, 1.807) is 6.08 Å². The van der Waals surface area contributed by atoms with E-state index in [1.807, 2.05) is 48.5 Å². The van der Waals surface area contributed by atoms with Crippen LogP contribution in [0.3, 0.4) is 0 Å². The fourth-order valence-electron chi connectivity index (χ4n) is 2.41. The van der Waals surface area contributed by atoms with Gasteiger partial charge in [0.1, 0.15) is 30.1 Å². The van der Waals surface area contributed by atoms with E-state index in [-0.39, 0.29) is 5.57 Å². The van der Waals surface area contributed by atoms with E-state index >= 15 is 0 Å². The zero-order valence-electron chi connectivity index (χ0n) is 12.9. The molecule has 0 fully saturated rings. The first-order valence-electron chi connectivity index (χ1n) is 7.51. The van der Waals surface area contributed by atoms with E-state index in [0.717, 1.165) is 16.9 Å². The Morgan fingerprint density at radius 3 is 2.29 bits per heavy atom. The van der Waals surface area contributed by atoms with Crippen molar-refractivity contribution < 1.29 is 4.74 Å². The third kappa shape index (κ3) is 3.61. The molecule has 0 unspecified atom stereocenters. The Kier molecular flexibility index (Phi) is 4.56. The van der Waals surface area contributed by atoms with Crippen LogP contribution in [0.25, 0.3) is 16.8 Å². The monoisotopic (exact) mass is 310 g/mol. The van der Waals surface area contributed by atoms with Crippen molar-refractivity contribution >= 4 is 16.8 Å². The number of ether oxygens (including phenoxy) is 1. The maximum atomic E-state index is 8.76. The van der Waals surface area contributed by atoms with Gasteiger partial charge in [0.15, 0.2) is 0 Å². The fourth-order valence-corrected chi connectivity index (χ4v) is 2.41. The summed E-state index contributed by atoms with van der Waals surface area (Å²) < 4.78 is 5.80. The summed E-state index contributed by atoms with van der Waals surface area (Å²) in [6.45, 7) is 0.488. The predicted octanol–water partition coefficient (Wildman–Crippen LogP) is 4.85. The molecule has 3 rings (SSSR count). The lowest BCUT2D eigenvalue weighted by molar-refractivity contribution is 0.306. The van der Waals surface area contributed by atoms with Crippen molar-refractivity contribution in [3.8, 4) is 17.9 Å². The van der Waals surface area contributed by atoms with Crippen molar-refractivity contribution in [3.05, 3.63) is 83.4 Å². The lowest BCUT2D eigenvalue weighted by atomic mass is 10.1. The molecule has 0 bridgehead atoms. The SMILES string of the molecule is N#CC(C#N)=Cc1ccc(OCc2ccc3ccccc3c2)cc1. The first-order valence-corrected chi connectivity index (χ1v) is 7.51. The molecular weight excluding hydrogens is 296 g/mol. The maximum absolute atomic E-state index is 8.76. The number of rotatable bonds is 4. The van der Waals surface area contributed by atoms with Gasteiger partial charge in [-0.2, -0.15) is 10.5 Å². The average Bonchev–Trinajstić information content (AvgIpc) is 2.65. The van der Waals surface area contributed by atoms with Crippen LogP contribution in [0.15, 0.2) is 72.3 Å². The zero-order valence-corrected chi connectivity index (χ0v) is 12.9. The minimum absolute atomic E-state index is 0.0832. The van der Waals surface area contributed by atoms with Gasteiger partial charge in [-0.25, -0.2) is 0 Å². The number of nitriles is 2. The molecule has 3 aromatic rings. The Bertz CT molecular complexity index is 957. The third-order valence-corrected chi connectivity index (χ3v) is 3.65. The average molecular weight is 310 g/mol. The molecule has 0 saturated heterocycles. The summed E-state index contributed by atoms with van der Waals surface area (Å²) in [5.74, 6) is 0.746. The maximum Gasteiger partial charge on any atom is 0.130 e. The summed E-state index contributed by atoms with van der Waals surface area (Å²) in [5.41, 5.74) is 1.99. The highest BCUT2D eigenvalue weighted by Crippen LogP contribution is 2.19. The van der Waals surface area contributed by atoms with Gasteiger partial charge in [0, 0.05) is 0 Å². The second-order valence-electron chi connectivity index (χ2n) is 5.32. The number of fused-ring (bicyclic) bond motifs is 1. The highest BCUT2D eigenvalue weighted by molar-refractivity contribution is 5.82. The first-order chi connectivity index (χ1) is 11.8. The lowest BCUT2D eigenvalue weighted by Crippen LogP contribution is -1.95. The highest BCUT2D eigenvalue weighted by Gasteiger charge is 1.99. The van der Waals surface area contributed by atoms with Crippen LogP contribution >= 0.6 is 0 Å². The Morgan fingerprint density at radius 2 is 1.58 bits per heavy atom. The van der Waals surface area contributed by atoms with Gasteiger partial charge in [0.25, 0.3) is 0 Å². The Hall–Kier alpha value is -3.56. The molecule has 114 valence electrons. The number of nitrogens with zero attached hydrogens (tertiary/aromatic N) is 2. The summed E-state index contributed by atoms with van der Waals surface area (Å²) >= 11 is 0. The Morgan fingerprint density at radius 1 is 0.875 bits per heavy atom. The third-order valence-electron chi connectivity index (χ3n) is 3.65. The van der Waals surface area contributed by atoms with Crippen molar-refractivity contribution in [2.75, 3.05) is 0 Å². The van der Waals surface area contributed by atoms with E-state index < -0.39 is 0 Å². The van der Waals surface area contributed by atoms with Crippen LogP contribution in [0.5, 0.6) is 5.75 Å². The molecule has 0 aliphatic carbocycles. The molecule has 0 amide bonds. The van der Waals surface area contributed by atoms with Crippen molar-refractivity contribution in [3.63, 3.8) is 0 Å². The first kappa shape index (κ1) is 15.3. The zero-order chi connectivity index (χ0) is 16.8. The molecule has 0 N–H and O–H groups in total. The number of hydrogen-bond acceptors (Lipinski definition) is 3. The van der Waals surface area contributed by atoms with Crippen LogP contribution in [0.4, 0.5) is 0 Å². The molecule has 0 aromatic heterocycles. The van der Waals surface area contributed by atoms with Crippen molar-refractivity contribution in [2.45, 2.75) is 6.61 Å². The Balaban J connectivity index is 1.69. The predicted molar refractivity (Wildman–Crippen MR) is 93.9 cm³/mol. The standard InChI is InChI=1S/C21H14N2O/c22-13-18(14-23)11-16-6-9-21(10-7-16)24-15-17-5-8-19-3-1-2-4-20(19)12-17/h1-12H,15H2. The summed E-state index contributed by atoms with van der Waals surface area (Å²) in [5, 5.41) is 19.9. The van der Waals surface area contributed by atoms with Crippen molar-refractivity contribution in [1.29, 1.82) is 10.5 Å². The van der Waals surface area contributed by atoms with E-state index in [9.17, 15) is 0 Å². The number of benzene rings is 3. The molecule has 3 heteroatoms. The van der Waals surface area contributed by atoms with Gasteiger partial charge in [0.2, 0.25) is 0 Å². The summed E-state index contributed by atoms with van der Waals surface area (Å²) in [7, 11) is 0. The smallest absolute Gasteiger partial charge is 0.130 e. The molecule has 0 spiro atoms. The normalized spacial score (nSPS) is 9.75. The quantitative estimate of drug-likeness (QED) is 0.647. The van der Waals surface area contributed by atoms with Crippen LogP contribution in [0, 0.1) is 22.7 Å². The van der Waals surface area contributed by atoms with E-state index in [0.29, 0.717) is 6.61 Å². The van der Waals surface area contributed by atoms with Gasteiger partial charge in [-0.3, -0.25) is 0 Å². The van der Waals surface area contributed by atoms with Crippen molar-refractivity contribution in [2.24, 2.45) is 0 Å². The second-order valence-corrected chi connectivity index (χ2v) is 5.32. The van der Waals surface area contributed by atoms with Crippen LogP contribution in [-0.2, 0) is 6.61 Å². The van der Waals surface area contributed by atoms with Gasteiger partial charge < -0.3 is 4.74 Å². The lowest BCUT2D eigenvalue weighted by Gasteiger charge is -2.07. The van der Waals surface area contributed by atoms with Crippen LogP contribution in [0.2, 0.25) is 0 Å². The van der Waals surface area contributed by atoms with Crippen molar-refractivity contribution in [1.82, 2.24) is 0 Å². The second kappa shape index (κ2) is 7.13. The number of allylic oxidation sites excluding steroid dienone is 1. The molecule has 3 nitrogen and oxygen atoms in total. The molecular formula is C21H14N2O. The minimum Gasteiger partial charge on any atom is -0.489 e. The molecule has 0 aliphatic rings. The van der Waals surface area contributed by atoms with Crippen LogP contribution in [0.1, 0.15) is 11.1 Å². The van der Waals surface area contributed by atoms with Gasteiger partial charge in [-0.05, 0) is 46.2 Å². The largest absolute Gasteiger partial charge is 0.489 e. The molecule has 0 saturated carbocycles. The van der Waals surface area contributed by atoms with E-state index in [1.165, 1.54) is 10.8 Å². The van der Waals surface area contributed by atoms with Gasteiger partial charge in [0.05, 0.1) is 0 Å². The molecule has 0 radical (unpaired) electrons. The molecule has 3 aromatic carbocycles. The molecule has 24 heavy (non-hydrogen) atoms. The van der Waals surface area contributed by atoms with Crippen LogP contribution in [-0.4, -0.2) is 0 Å². The van der Waals surface area contributed by atoms with E-state index in [4.69, 9.17) is 15.3 Å². The number of hydrogen-bond donors (Lipinski definition) is 0. The molecule has 0 heterocycles. The van der Waals surface area contributed by atoms with E-state index in [2.05, 4.69) is 30.3 Å². The van der Waals surface area contributed by atoms with Gasteiger partial charge in [-0.15, -0.1) is 0 Å². The van der Waals surface area contributed by atoms with Gasteiger partial charge >= 0.3 is 0 Å². The molecule has 0 aliphatic heterocycles. The fraction of sp³-hybridized carbons (Fsp3) is 0.0476. The minimum atomic E-state index is 0.0832. The highest BCUT2D eigenvalue weighted by atomic mass is 16.5. The van der Waals surface area contributed by atoms with Crippen LogP contribution < -0.4 is 4.74 Å². The summed E-state index contributed by atoms with van der Waals surface area (Å²) in [6.07, 6.45) is 1.55. The summed E-state index contributed by atoms with van der Waals surface area (Å²) in [4.78, 5) is 0. The molecule has 0 atom stereocenters.